The number of benzene rings is 1. The van der Waals surface area contributed by atoms with Crippen LogP contribution in [-0.2, 0) is 4.79 Å². The highest BCUT2D eigenvalue weighted by Crippen LogP contribution is 2.53. The van der Waals surface area contributed by atoms with Crippen LogP contribution in [0.4, 0.5) is 8.78 Å². The zero-order chi connectivity index (χ0) is 23.1. The molecule has 7 nitrogen and oxygen atoms in total. The minimum absolute atomic E-state index is 0.0457. The Bertz CT molecular complexity index is 1060. The molecule has 0 radical (unpaired) electrons. The van der Waals surface area contributed by atoms with Crippen molar-refractivity contribution in [3.63, 3.8) is 0 Å². The molecule has 4 atom stereocenters. The maximum absolute atomic E-state index is 14.4. The van der Waals surface area contributed by atoms with Crippen molar-refractivity contribution in [3.05, 3.63) is 53.7 Å². The van der Waals surface area contributed by atoms with Crippen molar-refractivity contribution in [2.45, 2.75) is 37.9 Å². The van der Waals surface area contributed by atoms with Crippen LogP contribution in [0.15, 0.2) is 36.7 Å². The Morgan fingerprint density at radius 1 is 1.12 bits per heavy atom. The highest BCUT2D eigenvalue weighted by atomic mass is 19.1. The molecule has 2 amide bonds. The van der Waals surface area contributed by atoms with E-state index >= 15 is 0 Å². The molecule has 4 fully saturated rings. The summed E-state index contributed by atoms with van der Waals surface area (Å²) in [5.74, 6) is -0.0807. The highest BCUT2D eigenvalue weighted by molar-refractivity contribution is 5.90. The molecule has 2 aromatic rings. The molecule has 0 spiro atoms. The first-order valence-electron chi connectivity index (χ1n) is 11.3. The molecule has 2 heterocycles. The predicted molar refractivity (Wildman–Crippen MR) is 114 cm³/mol. The zero-order valence-corrected chi connectivity index (χ0v) is 18.1. The Hall–Kier alpha value is -3.10. The summed E-state index contributed by atoms with van der Waals surface area (Å²) in [6.45, 7) is 0.417. The third kappa shape index (κ3) is 4.28. The Morgan fingerprint density at radius 3 is 2.70 bits per heavy atom. The summed E-state index contributed by atoms with van der Waals surface area (Å²) in [6, 6.07) is 7.06. The van der Waals surface area contributed by atoms with Gasteiger partial charge in [0.25, 0.3) is 5.91 Å². The van der Waals surface area contributed by atoms with E-state index in [1.807, 2.05) is 0 Å². The normalized spacial score (nSPS) is 30.5. The summed E-state index contributed by atoms with van der Waals surface area (Å²) in [5.41, 5.74) is 5.98. The number of nitrogens with zero attached hydrogens (tertiary/aromatic N) is 3. The molecule has 1 saturated heterocycles. The van der Waals surface area contributed by atoms with Gasteiger partial charge in [-0.2, -0.15) is 0 Å². The molecule has 2 bridgehead atoms. The van der Waals surface area contributed by atoms with Gasteiger partial charge >= 0.3 is 0 Å². The number of alkyl halides is 1. The van der Waals surface area contributed by atoms with Crippen molar-refractivity contribution in [2.24, 2.45) is 29.4 Å². The van der Waals surface area contributed by atoms with E-state index in [4.69, 9.17) is 10.5 Å². The fourth-order valence-electron chi connectivity index (χ4n) is 5.66. The topological polar surface area (TPSA) is 98.4 Å². The fourth-order valence-corrected chi connectivity index (χ4v) is 5.66. The van der Waals surface area contributed by atoms with Gasteiger partial charge in [0.1, 0.15) is 24.0 Å². The number of ether oxygens (including phenoxy) is 1. The third-order valence-electron chi connectivity index (χ3n) is 7.43. The zero-order valence-electron chi connectivity index (χ0n) is 18.1. The van der Waals surface area contributed by atoms with Gasteiger partial charge in [0, 0.05) is 18.4 Å². The van der Waals surface area contributed by atoms with Crippen molar-refractivity contribution < 1.29 is 23.1 Å². The first kappa shape index (κ1) is 21.7. The number of amides is 2. The highest BCUT2D eigenvalue weighted by Gasteiger charge is 2.51. The van der Waals surface area contributed by atoms with E-state index in [-0.39, 0.29) is 48.1 Å². The molecular weight excluding hydrogens is 430 g/mol. The van der Waals surface area contributed by atoms with Crippen LogP contribution < -0.4 is 10.5 Å². The first-order valence-corrected chi connectivity index (χ1v) is 11.3. The second-order valence-corrected chi connectivity index (χ2v) is 9.40. The summed E-state index contributed by atoms with van der Waals surface area (Å²) in [4.78, 5) is 34.3. The number of fused-ring (bicyclic) bond motifs is 2. The molecule has 33 heavy (non-hydrogen) atoms. The van der Waals surface area contributed by atoms with Gasteiger partial charge in [-0.05, 0) is 54.7 Å². The second-order valence-electron chi connectivity index (χ2n) is 9.40. The Kier molecular flexibility index (Phi) is 5.72. The van der Waals surface area contributed by atoms with Crippen molar-refractivity contribution in [3.8, 4) is 5.88 Å². The lowest BCUT2D eigenvalue weighted by Gasteiger charge is -2.51. The summed E-state index contributed by atoms with van der Waals surface area (Å²) in [5, 5.41) is 0. The molecule has 1 aromatic carbocycles. The number of carbonyl (C=O) groups excluding carboxylic acids is 2. The molecule has 3 aliphatic carbocycles. The molecule has 1 aromatic heterocycles. The van der Waals surface area contributed by atoms with Crippen molar-refractivity contribution in [1.82, 2.24) is 14.9 Å². The van der Waals surface area contributed by atoms with Gasteiger partial charge in [-0.3, -0.25) is 9.59 Å². The molecule has 6 rings (SSSR count). The van der Waals surface area contributed by atoms with Crippen LogP contribution in [0.1, 0.15) is 47.8 Å². The number of rotatable bonds is 6. The minimum Gasteiger partial charge on any atom is -0.477 e. The van der Waals surface area contributed by atoms with Crippen LogP contribution >= 0.6 is 0 Å². The van der Waals surface area contributed by atoms with Crippen LogP contribution in [0.5, 0.6) is 5.88 Å². The lowest BCUT2D eigenvalue weighted by molar-refractivity contribution is -0.147. The average molecular weight is 456 g/mol. The lowest BCUT2D eigenvalue weighted by Crippen LogP contribution is -2.50. The van der Waals surface area contributed by atoms with Crippen LogP contribution in [0.3, 0.4) is 0 Å². The lowest BCUT2D eigenvalue weighted by atomic mass is 9.55. The minimum atomic E-state index is -1.11. The largest absolute Gasteiger partial charge is 0.477 e. The molecule has 2 N–H and O–H groups in total. The predicted octanol–water partition coefficient (Wildman–Crippen LogP) is 3.07. The van der Waals surface area contributed by atoms with Gasteiger partial charge in [-0.1, -0.05) is 12.1 Å². The number of likely N-dealkylation sites (tertiary alicyclic amines) is 1. The van der Waals surface area contributed by atoms with Gasteiger partial charge in [0.2, 0.25) is 11.8 Å². The monoisotopic (exact) mass is 456 g/mol. The summed E-state index contributed by atoms with van der Waals surface area (Å²) in [6.07, 6.45) is 2.85. The number of halogens is 2. The Balaban J connectivity index is 1.27. The van der Waals surface area contributed by atoms with Crippen LogP contribution in [-0.4, -0.2) is 46.0 Å². The standard InChI is InChI=1S/C24H26F2N4O3/c25-17-3-1-2-13(6-17)21-8-18(26)10-30(21)24(32)19-7-16(14-4-15(19)5-14)11-33-22-9-20(23(27)31)28-12-29-22/h1-3,6,9,12,14-16,18-19,21H,4-5,7-8,10-11H2,(H2,27,31)/t14?,15?,16?,18?,19-,21?/m0/s1. The average Bonchev–Trinajstić information content (AvgIpc) is 3.18. The Morgan fingerprint density at radius 2 is 1.94 bits per heavy atom. The third-order valence-corrected chi connectivity index (χ3v) is 7.43. The van der Waals surface area contributed by atoms with Crippen LogP contribution in [0, 0.1) is 29.5 Å². The molecule has 9 heteroatoms. The smallest absolute Gasteiger partial charge is 0.267 e. The van der Waals surface area contributed by atoms with Crippen molar-refractivity contribution in [2.75, 3.05) is 13.2 Å². The summed E-state index contributed by atoms with van der Waals surface area (Å²) >= 11 is 0. The van der Waals surface area contributed by atoms with E-state index < -0.39 is 18.1 Å². The van der Waals surface area contributed by atoms with E-state index in [9.17, 15) is 18.4 Å². The number of hydrogen-bond donors (Lipinski definition) is 1. The first-order chi connectivity index (χ1) is 15.9. The molecule has 3 saturated carbocycles. The maximum atomic E-state index is 14.4. The van der Waals surface area contributed by atoms with Gasteiger partial charge in [0.15, 0.2) is 0 Å². The maximum Gasteiger partial charge on any atom is 0.267 e. The van der Waals surface area contributed by atoms with Gasteiger partial charge in [-0.25, -0.2) is 18.7 Å². The quantitative estimate of drug-likeness (QED) is 0.720. The van der Waals surface area contributed by atoms with E-state index in [0.717, 1.165) is 12.8 Å². The van der Waals surface area contributed by atoms with Crippen molar-refractivity contribution >= 4 is 11.8 Å². The number of primary amides is 1. The van der Waals surface area contributed by atoms with E-state index in [0.29, 0.717) is 30.4 Å². The summed E-state index contributed by atoms with van der Waals surface area (Å²) < 4.78 is 34.0. The SMILES string of the molecule is NC(=O)c1cc(OCC2C[C@H](C(=O)N3CC(F)CC3c3cccc(F)c3)C3CC2C3)ncn1. The second kappa shape index (κ2) is 8.68. The number of aromatic nitrogens is 2. The van der Waals surface area contributed by atoms with Crippen LogP contribution in [0.25, 0.3) is 0 Å². The molecular formula is C24H26F2N4O3. The van der Waals surface area contributed by atoms with Crippen molar-refractivity contribution in [1.29, 1.82) is 0 Å². The molecule has 3 unspecified atom stereocenters. The number of carbonyl (C=O) groups is 2. The van der Waals surface area contributed by atoms with Gasteiger partial charge in [-0.15, -0.1) is 0 Å². The van der Waals surface area contributed by atoms with E-state index in [2.05, 4.69) is 9.97 Å². The fraction of sp³-hybridized carbons (Fsp3) is 0.500. The van der Waals surface area contributed by atoms with Gasteiger partial charge in [0.05, 0.1) is 19.2 Å². The van der Waals surface area contributed by atoms with Crippen LogP contribution in [0.2, 0.25) is 0 Å². The van der Waals surface area contributed by atoms with E-state index in [1.165, 1.54) is 24.5 Å². The molecule has 174 valence electrons. The van der Waals surface area contributed by atoms with E-state index in [1.54, 1.807) is 17.0 Å². The number of nitrogens with two attached hydrogens (primary N) is 1. The van der Waals surface area contributed by atoms with Gasteiger partial charge < -0.3 is 15.4 Å². The molecule has 4 aliphatic rings. The summed E-state index contributed by atoms with van der Waals surface area (Å²) in [7, 11) is 0. The molecule has 1 aliphatic heterocycles. The Labute approximate surface area is 190 Å². The number of hydrogen-bond acceptors (Lipinski definition) is 5.